The summed E-state index contributed by atoms with van der Waals surface area (Å²) in [5.74, 6) is -0.785. The van der Waals surface area contributed by atoms with E-state index in [1.165, 1.54) is 12.4 Å². The van der Waals surface area contributed by atoms with Gasteiger partial charge in [-0.2, -0.15) is 0 Å². The van der Waals surface area contributed by atoms with Crippen LogP contribution in [-0.2, 0) is 11.3 Å². The van der Waals surface area contributed by atoms with Crippen molar-refractivity contribution in [2.24, 2.45) is 0 Å². The van der Waals surface area contributed by atoms with Gasteiger partial charge in [0.05, 0.1) is 12.7 Å². The maximum absolute atomic E-state index is 13.2. The number of Topliss-reactive ketones (excluding diaryl/α,β-unsaturated/α-hetero) is 1. The molecule has 2 aromatic heterocycles. The Labute approximate surface area is 194 Å². The van der Waals surface area contributed by atoms with Gasteiger partial charge in [-0.15, -0.1) is 0 Å². The van der Waals surface area contributed by atoms with Gasteiger partial charge in [-0.3, -0.25) is 14.6 Å². The molecule has 0 atom stereocenters. The molecule has 6 nitrogen and oxygen atoms in total. The van der Waals surface area contributed by atoms with Gasteiger partial charge in [0.25, 0.3) is 11.7 Å². The van der Waals surface area contributed by atoms with E-state index in [9.17, 15) is 9.59 Å². The van der Waals surface area contributed by atoms with Crippen LogP contribution >= 0.6 is 23.2 Å². The second-order valence-electron chi connectivity index (χ2n) is 7.18. The number of amides is 1. The van der Waals surface area contributed by atoms with E-state index in [2.05, 4.69) is 10.3 Å². The molecule has 0 aliphatic heterocycles. The van der Waals surface area contributed by atoms with Crippen molar-refractivity contribution in [1.82, 2.24) is 9.55 Å². The molecule has 0 spiro atoms. The highest BCUT2D eigenvalue weighted by Crippen LogP contribution is 2.32. The average molecular weight is 468 g/mol. The quantitative estimate of drug-likeness (QED) is 0.298. The van der Waals surface area contributed by atoms with Crippen LogP contribution in [0.15, 0.2) is 60.9 Å². The van der Waals surface area contributed by atoms with E-state index >= 15 is 0 Å². The number of ether oxygens (including phenoxy) is 1. The van der Waals surface area contributed by atoms with Gasteiger partial charge in [-0.1, -0.05) is 29.3 Å². The van der Waals surface area contributed by atoms with Gasteiger partial charge in [0.1, 0.15) is 5.75 Å². The molecule has 0 bridgehead atoms. The Morgan fingerprint density at radius 2 is 1.81 bits per heavy atom. The number of hydrogen-bond acceptors (Lipinski definition) is 4. The number of pyridine rings is 1. The lowest BCUT2D eigenvalue weighted by atomic mass is 10.1. The Hall–Kier alpha value is -3.35. The third kappa shape index (κ3) is 4.20. The Morgan fingerprint density at radius 1 is 1.06 bits per heavy atom. The van der Waals surface area contributed by atoms with Crippen molar-refractivity contribution in [1.29, 1.82) is 0 Å². The first-order chi connectivity index (χ1) is 15.4. The number of ketones is 1. The molecule has 8 heteroatoms. The summed E-state index contributed by atoms with van der Waals surface area (Å²) in [4.78, 5) is 29.9. The summed E-state index contributed by atoms with van der Waals surface area (Å²) in [5.41, 5.74) is 3.08. The minimum absolute atomic E-state index is 0.315. The van der Waals surface area contributed by atoms with Gasteiger partial charge < -0.3 is 14.6 Å². The van der Waals surface area contributed by atoms with Gasteiger partial charge in [-0.05, 0) is 55.0 Å². The zero-order valence-corrected chi connectivity index (χ0v) is 18.9. The number of nitrogens with zero attached hydrogens (tertiary/aromatic N) is 2. The zero-order chi connectivity index (χ0) is 22.8. The summed E-state index contributed by atoms with van der Waals surface area (Å²) in [7, 11) is 1.55. The minimum Gasteiger partial charge on any atom is -0.497 e. The normalized spacial score (nSPS) is 10.9. The van der Waals surface area contributed by atoms with Crippen LogP contribution in [0.2, 0.25) is 10.0 Å². The van der Waals surface area contributed by atoms with E-state index in [1.807, 2.05) is 29.7 Å². The largest absolute Gasteiger partial charge is 0.497 e. The van der Waals surface area contributed by atoms with E-state index in [0.717, 1.165) is 11.1 Å². The van der Waals surface area contributed by atoms with E-state index in [1.54, 1.807) is 37.4 Å². The SMILES string of the molecule is COc1ccc2c(c1)c(C(=O)C(=O)Nc1ccncc1)c(C)n2Cc1ccc(Cl)cc1Cl. The Balaban J connectivity index is 1.80. The number of fused-ring (bicyclic) bond motifs is 1. The first-order valence-corrected chi connectivity index (χ1v) is 10.5. The van der Waals surface area contributed by atoms with Gasteiger partial charge in [0, 0.05) is 51.3 Å². The topological polar surface area (TPSA) is 73.2 Å². The maximum Gasteiger partial charge on any atom is 0.296 e. The molecule has 1 amide bonds. The van der Waals surface area contributed by atoms with Crippen molar-refractivity contribution < 1.29 is 14.3 Å². The number of carbonyl (C=O) groups is 2. The molecule has 32 heavy (non-hydrogen) atoms. The number of halogens is 2. The second-order valence-corrected chi connectivity index (χ2v) is 8.03. The van der Waals surface area contributed by atoms with Crippen LogP contribution in [0.5, 0.6) is 5.75 Å². The summed E-state index contributed by atoms with van der Waals surface area (Å²) in [6, 6.07) is 14.0. The lowest BCUT2D eigenvalue weighted by Gasteiger charge is -2.11. The zero-order valence-electron chi connectivity index (χ0n) is 17.4. The Kier molecular flexibility index (Phi) is 6.17. The first kappa shape index (κ1) is 21.9. The monoisotopic (exact) mass is 467 g/mol. The molecule has 4 rings (SSSR count). The first-order valence-electron chi connectivity index (χ1n) is 9.75. The summed E-state index contributed by atoms with van der Waals surface area (Å²) >= 11 is 12.4. The van der Waals surface area contributed by atoms with Crippen LogP contribution in [0, 0.1) is 6.92 Å². The average Bonchev–Trinajstić information content (AvgIpc) is 3.06. The summed E-state index contributed by atoms with van der Waals surface area (Å²) in [5, 5.41) is 4.32. The molecule has 0 radical (unpaired) electrons. The van der Waals surface area contributed by atoms with Crippen molar-refractivity contribution in [3.05, 3.63) is 87.8 Å². The molecule has 0 saturated heterocycles. The highest BCUT2D eigenvalue weighted by molar-refractivity contribution is 6.48. The Bertz CT molecular complexity index is 1330. The fourth-order valence-corrected chi connectivity index (χ4v) is 4.10. The highest BCUT2D eigenvalue weighted by Gasteiger charge is 2.26. The van der Waals surface area contributed by atoms with Crippen LogP contribution in [0.3, 0.4) is 0 Å². The molecule has 1 N–H and O–H groups in total. The molecular weight excluding hydrogens is 449 g/mol. The minimum atomic E-state index is -0.731. The molecule has 0 unspecified atom stereocenters. The molecular formula is C24H19Cl2N3O3. The summed E-state index contributed by atoms with van der Waals surface area (Å²) in [6.07, 6.45) is 3.08. The van der Waals surface area contributed by atoms with Gasteiger partial charge in [0.2, 0.25) is 0 Å². The van der Waals surface area contributed by atoms with E-state index in [0.29, 0.717) is 44.7 Å². The predicted octanol–water partition coefficient (Wildman–Crippen LogP) is 5.53. The van der Waals surface area contributed by atoms with E-state index in [-0.39, 0.29) is 0 Å². The van der Waals surface area contributed by atoms with Crippen LogP contribution in [-0.4, -0.2) is 28.4 Å². The number of hydrogen-bond donors (Lipinski definition) is 1. The standard InChI is InChI=1S/C24H19Cl2N3O3/c1-14-22(23(30)24(31)28-17-7-9-27-10-8-17)19-12-18(32-2)5-6-21(19)29(14)13-15-3-4-16(25)11-20(15)26/h3-12H,13H2,1-2H3,(H,27,28,31). The third-order valence-corrected chi connectivity index (χ3v) is 5.83. The van der Waals surface area contributed by atoms with Crippen LogP contribution in [0.25, 0.3) is 10.9 Å². The van der Waals surface area contributed by atoms with Gasteiger partial charge in [0.15, 0.2) is 0 Å². The van der Waals surface area contributed by atoms with Gasteiger partial charge in [-0.25, -0.2) is 0 Å². The lowest BCUT2D eigenvalue weighted by Crippen LogP contribution is -2.23. The number of methoxy groups -OCH3 is 1. The third-order valence-electron chi connectivity index (χ3n) is 5.25. The van der Waals surface area contributed by atoms with Crippen molar-refractivity contribution >= 4 is 51.5 Å². The molecule has 162 valence electrons. The van der Waals surface area contributed by atoms with Crippen LogP contribution in [0.1, 0.15) is 21.6 Å². The Morgan fingerprint density at radius 3 is 2.50 bits per heavy atom. The predicted molar refractivity (Wildman–Crippen MR) is 126 cm³/mol. The van der Waals surface area contributed by atoms with Crippen molar-refractivity contribution in [3.63, 3.8) is 0 Å². The van der Waals surface area contributed by atoms with Crippen molar-refractivity contribution in [3.8, 4) is 5.75 Å². The molecule has 0 aliphatic rings. The maximum atomic E-state index is 13.2. The molecule has 0 aliphatic carbocycles. The number of aromatic nitrogens is 2. The highest BCUT2D eigenvalue weighted by atomic mass is 35.5. The van der Waals surface area contributed by atoms with E-state index < -0.39 is 11.7 Å². The molecule has 0 saturated carbocycles. The van der Waals surface area contributed by atoms with Crippen molar-refractivity contribution in [2.45, 2.75) is 13.5 Å². The second kappa shape index (κ2) is 9.02. The fraction of sp³-hybridized carbons (Fsp3) is 0.125. The molecule has 2 heterocycles. The number of rotatable bonds is 6. The lowest BCUT2D eigenvalue weighted by molar-refractivity contribution is -0.112. The smallest absolute Gasteiger partial charge is 0.296 e. The number of nitrogens with one attached hydrogen (secondary N) is 1. The number of carbonyl (C=O) groups excluding carboxylic acids is 2. The van der Waals surface area contributed by atoms with Gasteiger partial charge >= 0.3 is 0 Å². The number of anilines is 1. The summed E-state index contributed by atoms with van der Waals surface area (Å²) < 4.78 is 7.30. The molecule has 4 aromatic rings. The molecule has 2 aromatic carbocycles. The van der Waals surface area contributed by atoms with Crippen LogP contribution < -0.4 is 10.1 Å². The fourth-order valence-electron chi connectivity index (χ4n) is 3.64. The molecule has 0 fully saturated rings. The number of benzene rings is 2. The van der Waals surface area contributed by atoms with E-state index in [4.69, 9.17) is 27.9 Å². The summed E-state index contributed by atoms with van der Waals surface area (Å²) in [6.45, 7) is 2.22. The van der Waals surface area contributed by atoms with Crippen LogP contribution in [0.4, 0.5) is 5.69 Å². The van der Waals surface area contributed by atoms with Crippen molar-refractivity contribution in [2.75, 3.05) is 12.4 Å².